The summed E-state index contributed by atoms with van der Waals surface area (Å²) >= 11 is 1.30. The van der Waals surface area contributed by atoms with Crippen molar-refractivity contribution in [3.8, 4) is 5.69 Å². The molecular weight excluding hydrogens is 442 g/mol. The number of hydrogen-bond donors (Lipinski definition) is 2. The van der Waals surface area contributed by atoms with Crippen molar-refractivity contribution in [2.24, 2.45) is 0 Å². The first-order chi connectivity index (χ1) is 15.7. The summed E-state index contributed by atoms with van der Waals surface area (Å²) in [5, 5.41) is 18.8. The molecule has 164 valence electrons. The number of aromatic carboxylic acids is 2. The van der Waals surface area contributed by atoms with Gasteiger partial charge in [0.1, 0.15) is 0 Å². The number of carboxylic acid groups (broad SMARTS) is 2. The number of rotatable bonds is 4. The van der Waals surface area contributed by atoms with Crippen LogP contribution in [0.4, 0.5) is 0 Å². The van der Waals surface area contributed by atoms with Crippen LogP contribution in [-0.2, 0) is 0 Å². The Morgan fingerprint density at radius 3 is 2.33 bits per heavy atom. The predicted octanol–water partition coefficient (Wildman–Crippen LogP) is 3.26. The zero-order valence-electron chi connectivity index (χ0n) is 17.6. The van der Waals surface area contributed by atoms with Gasteiger partial charge in [-0.05, 0) is 61.9 Å². The molecule has 0 saturated carbocycles. The number of carboxylic acids is 2. The number of carbonyl (C=O) groups is 2. The number of imidazole rings is 1. The van der Waals surface area contributed by atoms with Crippen molar-refractivity contribution in [1.82, 2.24) is 14.0 Å². The minimum absolute atomic E-state index is 0.115. The minimum atomic E-state index is -1.21. The molecular formula is C24H17N3O5S. The lowest BCUT2D eigenvalue weighted by Gasteiger charge is -2.12. The van der Waals surface area contributed by atoms with Crippen LogP contribution >= 0.6 is 11.3 Å². The lowest BCUT2D eigenvalue weighted by atomic mass is 10.1. The number of hydrogen-bond acceptors (Lipinski definition) is 5. The largest absolute Gasteiger partial charge is 0.478 e. The summed E-state index contributed by atoms with van der Waals surface area (Å²) in [5.41, 5.74) is 3.86. The lowest BCUT2D eigenvalue weighted by molar-refractivity contribution is 0.0696. The quantitative estimate of drug-likeness (QED) is 0.426. The lowest BCUT2D eigenvalue weighted by Crippen LogP contribution is -2.22. The van der Waals surface area contributed by atoms with E-state index in [2.05, 4.69) is 4.98 Å². The van der Waals surface area contributed by atoms with Gasteiger partial charge in [-0.2, -0.15) is 0 Å². The monoisotopic (exact) mass is 459 g/mol. The van der Waals surface area contributed by atoms with Crippen LogP contribution in [0, 0.1) is 13.8 Å². The minimum Gasteiger partial charge on any atom is -0.478 e. The second kappa shape index (κ2) is 7.42. The molecule has 5 aromatic rings. The average molecular weight is 459 g/mol. The molecule has 3 heterocycles. The van der Waals surface area contributed by atoms with Gasteiger partial charge in [-0.1, -0.05) is 23.5 Å². The topological polar surface area (TPSA) is 114 Å². The first kappa shape index (κ1) is 20.7. The number of aromatic nitrogens is 3. The molecule has 0 aliphatic carbocycles. The van der Waals surface area contributed by atoms with E-state index in [1.54, 1.807) is 15.0 Å². The van der Waals surface area contributed by atoms with Crippen LogP contribution in [0.5, 0.6) is 0 Å². The van der Waals surface area contributed by atoms with Crippen molar-refractivity contribution in [1.29, 1.82) is 0 Å². The molecule has 0 unspecified atom stereocenters. The van der Waals surface area contributed by atoms with Gasteiger partial charge in [0.2, 0.25) is 0 Å². The summed E-state index contributed by atoms with van der Waals surface area (Å²) in [5.74, 6) is -2.42. The second-order valence-electron chi connectivity index (χ2n) is 7.68. The van der Waals surface area contributed by atoms with Gasteiger partial charge < -0.3 is 14.8 Å². The number of thiazole rings is 1. The Hall–Kier alpha value is -4.24. The van der Waals surface area contributed by atoms with Gasteiger partial charge in [-0.15, -0.1) is 0 Å². The van der Waals surface area contributed by atoms with Crippen molar-refractivity contribution < 1.29 is 19.8 Å². The van der Waals surface area contributed by atoms with Crippen LogP contribution in [0.15, 0.2) is 53.3 Å². The summed E-state index contributed by atoms with van der Waals surface area (Å²) in [7, 11) is 0. The standard InChI is InChI=1S/C24H17N3O5S/c1-12-7-14(11-20-21(28)27-19-6-4-3-5-18(19)25-24(27)33-20)13(2)26(12)17-9-15(22(29)30)8-16(10-17)23(31)32/h3-11H,1-2H3,(H,29,30)(H,31,32)/b20-11-. The van der Waals surface area contributed by atoms with Gasteiger partial charge in [0.25, 0.3) is 5.56 Å². The smallest absolute Gasteiger partial charge is 0.335 e. The highest BCUT2D eigenvalue weighted by Crippen LogP contribution is 2.24. The number of para-hydroxylation sites is 2. The van der Waals surface area contributed by atoms with Crippen LogP contribution in [0.1, 0.15) is 37.7 Å². The summed E-state index contributed by atoms with van der Waals surface area (Å²) in [6.45, 7) is 3.68. The van der Waals surface area contributed by atoms with E-state index < -0.39 is 11.9 Å². The van der Waals surface area contributed by atoms with Crippen molar-refractivity contribution in [2.45, 2.75) is 13.8 Å². The normalized spacial score (nSPS) is 12.1. The van der Waals surface area contributed by atoms with Gasteiger partial charge in [-0.3, -0.25) is 4.79 Å². The van der Waals surface area contributed by atoms with Crippen molar-refractivity contribution in [3.05, 3.63) is 91.5 Å². The third-order valence-corrected chi connectivity index (χ3v) is 6.54. The van der Waals surface area contributed by atoms with Crippen LogP contribution in [-0.4, -0.2) is 36.1 Å². The summed E-state index contributed by atoms with van der Waals surface area (Å²) in [4.78, 5) is 41.3. The fraction of sp³-hybridized carbons (Fsp3) is 0.0833. The molecule has 9 heteroatoms. The second-order valence-corrected chi connectivity index (χ2v) is 8.68. The molecule has 2 N–H and O–H groups in total. The number of aryl methyl sites for hydroxylation is 1. The number of nitrogens with zero attached hydrogens (tertiary/aromatic N) is 3. The van der Waals surface area contributed by atoms with Crippen LogP contribution in [0.3, 0.4) is 0 Å². The molecule has 0 aliphatic rings. The Balaban J connectivity index is 1.69. The fourth-order valence-electron chi connectivity index (χ4n) is 4.07. The molecule has 0 radical (unpaired) electrons. The van der Waals surface area contributed by atoms with Crippen molar-refractivity contribution >= 4 is 45.3 Å². The van der Waals surface area contributed by atoms with E-state index in [0.29, 0.717) is 15.2 Å². The van der Waals surface area contributed by atoms with Gasteiger partial charge >= 0.3 is 11.9 Å². The fourth-order valence-corrected chi connectivity index (χ4v) is 5.05. The Morgan fingerprint density at radius 2 is 1.67 bits per heavy atom. The van der Waals surface area contributed by atoms with E-state index in [4.69, 9.17) is 0 Å². The maximum atomic E-state index is 13.1. The Bertz CT molecular complexity index is 1690. The van der Waals surface area contributed by atoms with Gasteiger partial charge in [0, 0.05) is 17.1 Å². The Kier molecular flexibility index (Phi) is 4.64. The molecule has 0 fully saturated rings. The molecule has 0 amide bonds. The highest BCUT2D eigenvalue weighted by atomic mass is 32.1. The third-order valence-electron chi connectivity index (χ3n) is 5.57. The van der Waals surface area contributed by atoms with E-state index in [9.17, 15) is 24.6 Å². The van der Waals surface area contributed by atoms with E-state index >= 15 is 0 Å². The summed E-state index contributed by atoms with van der Waals surface area (Å²) in [6, 6.07) is 13.3. The van der Waals surface area contributed by atoms with Gasteiger partial charge in [0.15, 0.2) is 4.96 Å². The Morgan fingerprint density at radius 1 is 1.00 bits per heavy atom. The van der Waals surface area contributed by atoms with Gasteiger partial charge in [-0.25, -0.2) is 19.0 Å². The number of benzene rings is 2. The molecule has 0 atom stereocenters. The molecule has 5 rings (SSSR count). The number of fused-ring (bicyclic) bond motifs is 3. The van der Waals surface area contributed by atoms with E-state index in [-0.39, 0.29) is 16.7 Å². The SMILES string of the molecule is Cc1cc(/C=c2\sc3nc4ccccc4n3c2=O)c(C)n1-c1cc(C(=O)O)cc(C(=O)O)c1. The zero-order valence-corrected chi connectivity index (χ0v) is 18.4. The highest BCUT2D eigenvalue weighted by molar-refractivity contribution is 7.15. The first-order valence-electron chi connectivity index (χ1n) is 9.97. The zero-order chi connectivity index (χ0) is 23.4. The predicted molar refractivity (Wildman–Crippen MR) is 125 cm³/mol. The molecule has 8 nitrogen and oxygen atoms in total. The highest BCUT2D eigenvalue weighted by Gasteiger charge is 2.17. The maximum absolute atomic E-state index is 13.1. The van der Waals surface area contributed by atoms with E-state index in [0.717, 1.165) is 34.1 Å². The molecule has 0 aliphatic heterocycles. The van der Waals surface area contributed by atoms with Crippen LogP contribution in [0.2, 0.25) is 0 Å². The molecule has 2 aromatic carbocycles. The first-order valence-corrected chi connectivity index (χ1v) is 10.8. The van der Waals surface area contributed by atoms with Crippen molar-refractivity contribution in [2.75, 3.05) is 0 Å². The molecule has 0 spiro atoms. The third kappa shape index (κ3) is 3.30. The molecule has 3 aromatic heterocycles. The van der Waals surface area contributed by atoms with E-state index in [1.807, 2.05) is 44.2 Å². The van der Waals surface area contributed by atoms with Crippen molar-refractivity contribution in [3.63, 3.8) is 0 Å². The average Bonchev–Trinajstić information content (AvgIpc) is 3.38. The van der Waals surface area contributed by atoms with E-state index in [1.165, 1.54) is 23.5 Å². The maximum Gasteiger partial charge on any atom is 0.335 e. The molecule has 33 heavy (non-hydrogen) atoms. The van der Waals surface area contributed by atoms with Crippen LogP contribution < -0.4 is 10.1 Å². The summed E-state index contributed by atoms with van der Waals surface area (Å²) < 4.78 is 3.90. The molecule has 0 bridgehead atoms. The van der Waals surface area contributed by atoms with Gasteiger partial charge in [0.05, 0.1) is 26.7 Å². The van der Waals surface area contributed by atoms with Crippen LogP contribution in [0.25, 0.3) is 27.8 Å². The summed E-state index contributed by atoms with van der Waals surface area (Å²) in [6.07, 6.45) is 1.79. The Labute approximate surface area is 190 Å². The molecule has 0 saturated heterocycles.